The Hall–Kier alpha value is -1.34. The van der Waals surface area contributed by atoms with E-state index in [-0.39, 0.29) is 23.2 Å². The van der Waals surface area contributed by atoms with Crippen molar-refractivity contribution in [1.82, 2.24) is 0 Å². The molecule has 0 aromatic carbocycles. The van der Waals surface area contributed by atoms with Gasteiger partial charge in [0.2, 0.25) is 20.7 Å². The zero-order chi connectivity index (χ0) is 14.5. The van der Waals surface area contributed by atoms with Gasteiger partial charge >= 0.3 is 5.97 Å². The number of hydrogen-bond donors (Lipinski definition) is 1. The lowest BCUT2D eigenvalue weighted by Crippen LogP contribution is -2.13. The van der Waals surface area contributed by atoms with E-state index < -0.39 is 15.8 Å². The summed E-state index contributed by atoms with van der Waals surface area (Å²) in [5, 5.41) is 8.31. The molecule has 7 heteroatoms. The first-order valence-corrected chi connectivity index (χ1v) is 7.62. The van der Waals surface area contributed by atoms with Crippen LogP contribution in [0.2, 0.25) is 0 Å². The molecular weight excluding hydrogens is 272 g/mol. The monoisotopic (exact) mass is 290 g/mol. The maximum absolute atomic E-state index is 11.8. The average Bonchev–Trinajstić information content (AvgIpc) is 2.77. The molecule has 0 aliphatic carbocycles. The minimum atomic E-state index is -3.63. The summed E-state index contributed by atoms with van der Waals surface area (Å²) in [6.45, 7) is 4.68. The molecule has 0 bridgehead atoms. The minimum Gasteiger partial charge on any atom is -0.475 e. The summed E-state index contributed by atoms with van der Waals surface area (Å²) in [6.07, 6.45) is 0.865. The lowest BCUT2D eigenvalue weighted by Gasteiger charge is -2.06. The van der Waals surface area contributed by atoms with Crippen molar-refractivity contribution in [1.29, 1.82) is 0 Å². The zero-order valence-electron chi connectivity index (χ0n) is 11.0. The van der Waals surface area contributed by atoms with Crippen LogP contribution in [0.3, 0.4) is 0 Å². The fourth-order valence-corrected chi connectivity index (χ4v) is 2.32. The second-order valence-corrected chi connectivity index (χ2v) is 6.58. The third kappa shape index (κ3) is 5.04. The molecule has 0 saturated heterocycles. The van der Waals surface area contributed by atoms with E-state index in [4.69, 9.17) is 14.3 Å². The Morgan fingerprint density at radius 1 is 1.37 bits per heavy atom. The number of carboxylic acid groups (broad SMARTS) is 1. The van der Waals surface area contributed by atoms with Crippen LogP contribution >= 0.6 is 0 Å². The Balaban J connectivity index is 2.49. The molecule has 1 N–H and O–H groups in total. The van der Waals surface area contributed by atoms with Gasteiger partial charge in [-0.15, -0.1) is 0 Å². The predicted molar refractivity (Wildman–Crippen MR) is 68.0 cm³/mol. The molecule has 0 saturated carbocycles. The van der Waals surface area contributed by atoms with E-state index in [0.717, 1.165) is 18.6 Å². The Kier molecular flexibility index (Phi) is 5.56. The highest BCUT2D eigenvalue weighted by Gasteiger charge is 2.20. The van der Waals surface area contributed by atoms with Crippen LogP contribution in [-0.2, 0) is 14.6 Å². The van der Waals surface area contributed by atoms with Crippen molar-refractivity contribution >= 4 is 15.8 Å². The standard InChI is InChI=1S/C12H18O6S/c1-9(2)5-6-17-7-8-19(15,16)11-4-3-10(18-11)12(13)14/h3-4,9H,5-8H2,1-2H3,(H,13,14). The van der Waals surface area contributed by atoms with Crippen molar-refractivity contribution in [2.45, 2.75) is 25.4 Å². The number of carbonyl (C=O) groups is 1. The number of carboxylic acids is 1. The molecule has 1 heterocycles. The summed E-state index contributed by atoms with van der Waals surface area (Å²) in [6, 6.07) is 2.27. The van der Waals surface area contributed by atoms with Gasteiger partial charge in [-0.05, 0) is 24.5 Å². The Labute approximate surface area is 112 Å². The Morgan fingerprint density at radius 3 is 2.58 bits per heavy atom. The lowest BCUT2D eigenvalue weighted by molar-refractivity contribution is 0.0656. The summed E-state index contributed by atoms with van der Waals surface area (Å²) in [7, 11) is -3.63. The fraction of sp³-hybridized carbons (Fsp3) is 0.583. The van der Waals surface area contributed by atoms with Crippen molar-refractivity contribution in [3.63, 3.8) is 0 Å². The molecule has 1 rings (SSSR count). The van der Waals surface area contributed by atoms with Crippen LogP contribution in [-0.4, -0.2) is 38.5 Å². The number of aromatic carboxylic acids is 1. The molecule has 0 amide bonds. The zero-order valence-corrected chi connectivity index (χ0v) is 11.8. The average molecular weight is 290 g/mol. The maximum Gasteiger partial charge on any atom is 0.371 e. The quantitative estimate of drug-likeness (QED) is 0.734. The van der Waals surface area contributed by atoms with Crippen molar-refractivity contribution in [2.75, 3.05) is 19.0 Å². The third-order valence-electron chi connectivity index (χ3n) is 2.43. The van der Waals surface area contributed by atoms with E-state index >= 15 is 0 Å². The number of ether oxygens (including phenoxy) is 1. The van der Waals surface area contributed by atoms with Gasteiger partial charge in [0.1, 0.15) is 0 Å². The lowest BCUT2D eigenvalue weighted by atomic mass is 10.1. The molecule has 0 radical (unpaired) electrons. The van der Waals surface area contributed by atoms with Crippen molar-refractivity contribution < 1.29 is 27.5 Å². The van der Waals surface area contributed by atoms with Crippen LogP contribution in [0.25, 0.3) is 0 Å². The predicted octanol–water partition coefficient (Wildman–Crippen LogP) is 1.81. The van der Waals surface area contributed by atoms with Gasteiger partial charge in [0.25, 0.3) is 0 Å². The van der Waals surface area contributed by atoms with E-state index in [1.807, 2.05) is 0 Å². The smallest absolute Gasteiger partial charge is 0.371 e. The molecule has 0 fully saturated rings. The largest absolute Gasteiger partial charge is 0.475 e. The molecule has 1 aromatic rings. The second kappa shape index (κ2) is 6.72. The summed E-state index contributed by atoms with van der Waals surface area (Å²) >= 11 is 0. The van der Waals surface area contributed by atoms with Crippen LogP contribution in [0.5, 0.6) is 0 Å². The number of sulfone groups is 1. The molecule has 1 aromatic heterocycles. The first-order valence-electron chi connectivity index (χ1n) is 5.96. The molecule has 108 valence electrons. The highest BCUT2D eigenvalue weighted by Crippen LogP contribution is 2.15. The first-order chi connectivity index (χ1) is 8.83. The van der Waals surface area contributed by atoms with Gasteiger partial charge in [0.15, 0.2) is 0 Å². The molecule has 0 atom stereocenters. The van der Waals surface area contributed by atoms with Gasteiger partial charge < -0.3 is 14.3 Å². The first kappa shape index (κ1) is 15.7. The summed E-state index contributed by atoms with van der Waals surface area (Å²) in [5.41, 5.74) is 0. The molecule has 19 heavy (non-hydrogen) atoms. The normalized spacial score (nSPS) is 11.9. The van der Waals surface area contributed by atoms with Crippen molar-refractivity contribution in [2.24, 2.45) is 5.92 Å². The molecular formula is C12H18O6S. The molecule has 0 spiro atoms. The molecule has 0 aliphatic heterocycles. The molecule has 0 unspecified atom stereocenters. The van der Waals surface area contributed by atoms with E-state index in [0.29, 0.717) is 12.5 Å². The van der Waals surface area contributed by atoms with Crippen LogP contribution in [0.15, 0.2) is 21.6 Å². The van der Waals surface area contributed by atoms with Gasteiger partial charge in [-0.3, -0.25) is 0 Å². The van der Waals surface area contributed by atoms with Crippen molar-refractivity contribution in [3.8, 4) is 0 Å². The van der Waals surface area contributed by atoms with Gasteiger partial charge in [0, 0.05) is 6.61 Å². The van der Waals surface area contributed by atoms with Crippen LogP contribution in [0.4, 0.5) is 0 Å². The van der Waals surface area contributed by atoms with Gasteiger partial charge in [-0.25, -0.2) is 13.2 Å². The summed E-state index contributed by atoms with van der Waals surface area (Å²) < 4.78 is 33.6. The van der Waals surface area contributed by atoms with Gasteiger partial charge in [0.05, 0.1) is 12.4 Å². The third-order valence-corrected chi connectivity index (χ3v) is 3.97. The summed E-state index contributed by atoms with van der Waals surface area (Å²) in [4.78, 5) is 10.6. The number of hydrogen-bond acceptors (Lipinski definition) is 5. The van der Waals surface area contributed by atoms with Crippen LogP contribution in [0, 0.1) is 5.92 Å². The topological polar surface area (TPSA) is 93.8 Å². The van der Waals surface area contributed by atoms with Gasteiger partial charge in [-0.2, -0.15) is 0 Å². The number of furan rings is 1. The maximum atomic E-state index is 11.8. The fourth-order valence-electron chi connectivity index (χ4n) is 1.29. The Morgan fingerprint density at radius 2 is 2.05 bits per heavy atom. The SMILES string of the molecule is CC(C)CCOCCS(=O)(=O)c1ccc(C(=O)O)o1. The van der Waals surface area contributed by atoms with Crippen molar-refractivity contribution in [3.05, 3.63) is 17.9 Å². The van der Waals surface area contributed by atoms with E-state index in [1.165, 1.54) is 0 Å². The van der Waals surface area contributed by atoms with Gasteiger partial charge in [-0.1, -0.05) is 13.8 Å². The van der Waals surface area contributed by atoms with Crippen LogP contribution in [0.1, 0.15) is 30.8 Å². The highest BCUT2D eigenvalue weighted by molar-refractivity contribution is 7.91. The van der Waals surface area contributed by atoms with E-state index in [9.17, 15) is 13.2 Å². The van der Waals surface area contributed by atoms with Crippen LogP contribution < -0.4 is 0 Å². The van der Waals surface area contributed by atoms with E-state index in [2.05, 4.69) is 13.8 Å². The molecule has 6 nitrogen and oxygen atoms in total. The minimum absolute atomic E-state index is 0.0676. The summed E-state index contributed by atoms with van der Waals surface area (Å²) in [5.74, 6) is -1.41. The van der Waals surface area contributed by atoms with E-state index in [1.54, 1.807) is 0 Å². The highest BCUT2D eigenvalue weighted by atomic mass is 32.2. The Bertz CT molecular complexity index is 514. The number of rotatable bonds is 8. The second-order valence-electron chi connectivity index (χ2n) is 4.54. The molecule has 0 aliphatic rings.